The van der Waals surface area contributed by atoms with E-state index in [0.29, 0.717) is 24.6 Å². The van der Waals surface area contributed by atoms with Gasteiger partial charge in [-0.25, -0.2) is 13.1 Å². The summed E-state index contributed by atoms with van der Waals surface area (Å²) in [7, 11) is -2.99. The molecule has 0 heterocycles. The van der Waals surface area contributed by atoms with Gasteiger partial charge in [-0.05, 0) is 25.2 Å². The summed E-state index contributed by atoms with van der Waals surface area (Å²) in [4.78, 5) is 0. The highest BCUT2D eigenvalue weighted by molar-refractivity contribution is 7.89. The fraction of sp³-hybridized carbons (Fsp3) is 0.750. The van der Waals surface area contributed by atoms with Gasteiger partial charge >= 0.3 is 0 Å². The van der Waals surface area contributed by atoms with Crippen LogP contribution < -0.4 is 4.72 Å². The Morgan fingerprint density at radius 2 is 2.17 bits per heavy atom. The lowest BCUT2D eigenvalue weighted by Gasteiger charge is -2.03. The lowest BCUT2D eigenvalue weighted by atomic mass is 10.4. The summed E-state index contributed by atoms with van der Waals surface area (Å²) in [6.07, 6.45) is 4.55. The third-order valence-corrected chi connectivity index (χ3v) is 3.38. The highest BCUT2D eigenvalue weighted by Crippen LogP contribution is 2.29. The fourth-order valence-electron chi connectivity index (χ4n) is 0.970. The maximum atomic E-state index is 11.2. The van der Waals surface area contributed by atoms with Gasteiger partial charge in [-0.2, -0.15) is 0 Å². The topological polar surface area (TPSA) is 46.2 Å². The second kappa shape index (κ2) is 4.05. The largest absolute Gasteiger partial charge is 0.215 e. The Kier molecular flexibility index (Phi) is 3.29. The average Bonchev–Trinajstić information content (AvgIpc) is 2.71. The first kappa shape index (κ1) is 9.74. The predicted molar refractivity (Wildman–Crippen MR) is 49.3 cm³/mol. The maximum Gasteiger partial charge on any atom is 0.211 e. The van der Waals surface area contributed by atoms with Crippen LogP contribution in [0.3, 0.4) is 0 Å². The Labute approximate surface area is 73.9 Å². The van der Waals surface area contributed by atoms with E-state index in [4.69, 9.17) is 0 Å². The number of nitrogens with one attached hydrogen (secondary N) is 1. The molecule has 0 amide bonds. The summed E-state index contributed by atoms with van der Waals surface area (Å²) in [5, 5.41) is 0. The second-order valence-electron chi connectivity index (χ2n) is 3.20. The number of hydrogen-bond donors (Lipinski definition) is 1. The lowest BCUT2D eigenvalue weighted by Crippen LogP contribution is -2.27. The van der Waals surface area contributed by atoms with Gasteiger partial charge in [0.1, 0.15) is 0 Å². The van der Waals surface area contributed by atoms with E-state index in [-0.39, 0.29) is 0 Å². The molecule has 0 radical (unpaired) electrons. The molecule has 0 unspecified atom stereocenters. The van der Waals surface area contributed by atoms with Crippen LogP contribution in [-0.4, -0.2) is 20.7 Å². The summed E-state index contributed by atoms with van der Waals surface area (Å²) in [6, 6.07) is 0. The molecular formula is C8H15NO2S. The Morgan fingerprint density at radius 3 is 2.67 bits per heavy atom. The standard InChI is InChI=1S/C8H15NO2S/c1-2-3-6-9-12(10,11)7-8-4-5-8/h2,8-9H,1,3-7H2. The number of hydrogen-bond acceptors (Lipinski definition) is 2. The van der Waals surface area contributed by atoms with Crippen molar-refractivity contribution in [1.29, 1.82) is 0 Å². The maximum absolute atomic E-state index is 11.2. The van der Waals surface area contributed by atoms with Crippen molar-refractivity contribution in [3.63, 3.8) is 0 Å². The van der Waals surface area contributed by atoms with Crippen molar-refractivity contribution in [2.45, 2.75) is 19.3 Å². The molecule has 1 aliphatic rings. The van der Waals surface area contributed by atoms with Gasteiger partial charge < -0.3 is 0 Å². The van der Waals surface area contributed by atoms with Crippen LogP contribution in [0, 0.1) is 5.92 Å². The van der Waals surface area contributed by atoms with E-state index in [0.717, 1.165) is 12.8 Å². The smallest absolute Gasteiger partial charge is 0.211 e. The van der Waals surface area contributed by atoms with Crippen LogP contribution in [0.2, 0.25) is 0 Å². The van der Waals surface area contributed by atoms with E-state index in [1.807, 2.05) is 0 Å². The SMILES string of the molecule is C=CCCNS(=O)(=O)CC1CC1. The van der Waals surface area contributed by atoms with Gasteiger partial charge in [-0.3, -0.25) is 0 Å². The normalized spacial score (nSPS) is 17.7. The molecule has 1 N–H and O–H groups in total. The molecule has 1 rings (SSSR count). The van der Waals surface area contributed by atoms with Crippen molar-refractivity contribution >= 4 is 10.0 Å². The van der Waals surface area contributed by atoms with Crippen molar-refractivity contribution in [1.82, 2.24) is 4.72 Å². The van der Waals surface area contributed by atoms with Gasteiger partial charge in [0.25, 0.3) is 0 Å². The van der Waals surface area contributed by atoms with Crippen LogP contribution >= 0.6 is 0 Å². The molecule has 4 heteroatoms. The zero-order valence-electron chi connectivity index (χ0n) is 7.12. The van der Waals surface area contributed by atoms with Gasteiger partial charge in [0, 0.05) is 6.54 Å². The first-order chi connectivity index (χ1) is 5.64. The highest BCUT2D eigenvalue weighted by Gasteiger charge is 2.27. The molecule has 0 aromatic carbocycles. The molecule has 0 aliphatic heterocycles. The van der Waals surface area contributed by atoms with Crippen molar-refractivity contribution in [3.8, 4) is 0 Å². The van der Waals surface area contributed by atoms with E-state index < -0.39 is 10.0 Å². The predicted octanol–water partition coefficient (Wildman–Crippen LogP) is 0.892. The minimum Gasteiger partial charge on any atom is -0.215 e. The molecule has 70 valence electrons. The van der Waals surface area contributed by atoms with Crippen LogP contribution in [0.15, 0.2) is 12.7 Å². The summed E-state index contributed by atoms with van der Waals surface area (Å²) < 4.78 is 25.0. The second-order valence-corrected chi connectivity index (χ2v) is 5.05. The van der Waals surface area contributed by atoms with E-state index in [1.54, 1.807) is 6.08 Å². The van der Waals surface area contributed by atoms with Crippen LogP contribution in [0.25, 0.3) is 0 Å². The quantitative estimate of drug-likeness (QED) is 0.498. The van der Waals surface area contributed by atoms with Gasteiger partial charge in [0.15, 0.2) is 0 Å². The summed E-state index contributed by atoms with van der Waals surface area (Å²) in [6.45, 7) is 4.00. The first-order valence-electron chi connectivity index (χ1n) is 4.22. The number of sulfonamides is 1. The fourth-order valence-corrected chi connectivity index (χ4v) is 2.47. The third kappa shape index (κ3) is 3.88. The van der Waals surface area contributed by atoms with Crippen LogP contribution in [0.5, 0.6) is 0 Å². The van der Waals surface area contributed by atoms with Gasteiger partial charge in [0.2, 0.25) is 10.0 Å². The molecule has 0 aromatic rings. The Hall–Kier alpha value is -0.350. The highest BCUT2D eigenvalue weighted by atomic mass is 32.2. The Balaban J connectivity index is 2.22. The molecule has 1 fully saturated rings. The zero-order chi connectivity index (χ0) is 9.03. The van der Waals surface area contributed by atoms with Crippen LogP contribution in [0.1, 0.15) is 19.3 Å². The van der Waals surface area contributed by atoms with Crippen molar-refractivity contribution < 1.29 is 8.42 Å². The van der Waals surface area contributed by atoms with Crippen molar-refractivity contribution in [2.24, 2.45) is 5.92 Å². The molecule has 0 bridgehead atoms. The Morgan fingerprint density at radius 1 is 1.50 bits per heavy atom. The third-order valence-electron chi connectivity index (χ3n) is 1.82. The van der Waals surface area contributed by atoms with Crippen LogP contribution in [-0.2, 0) is 10.0 Å². The van der Waals surface area contributed by atoms with Crippen molar-refractivity contribution in [2.75, 3.05) is 12.3 Å². The molecule has 1 saturated carbocycles. The zero-order valence-corrected chi connectivity index (χ0v) is 7.94. The molecule has 3 nitrogen and oxygen atoms in total. The molecule has 0 aromatic heterocycles. The van der Waals surface area contributed by atoms with Crippen molar-refractivity contribution in [3.05, 3.63) is 12.7 Å². The molecule has 0 spiro atoms. The van der Waals surface area contributed by atoms with Crippen LogP contribution in [0.4, 0.5) is 0 Å². The summed E-state index contributed by atoms with van der Waals surface area (Å²) >= 11 is 0. The molecular weight excluding hydrogens is 174 g/mol. The molecule has 0 atom stereocenters. The first-order valence-corrected chi connectivity index (χ1v) is 5.87. The van der Waals surface area contributed by atoms with E-state index >= 15 is 0 Å². The van der Waals surface area contributed by atoms with Gasteiger partial charge in [-0.15, -0.1) is 6.58 Å². The van der Waals surface area contributed by atoms with E-state index in [2.05, 4.69) is 11.3 Å². The summed E-state index contributed by atoms with van der Waals surface area (Å²) in [5.74, 6) is 0.732. The van der Waals surface area contributed by atoms with E-state index in [1.165, 1.54) is 0 Å². The Bertz CT molecular complexity index is 242. The molecule has 1 aliphatic carbocycles. The van der Waals surface area contributed by atoms with E-state index in [9.17, 15) is 8.42 Å². The van der Waals surface area contributed by atoms with Gasteiger partial charge in [0.05, 0.1) is 5.75 Å². The number of rotatable bonds is 6. The minimum atomic E-state index is -2.99. The lowest BCUT2D eigenvalue weighted by molar-refractivity contribution is 0.578. The summed E-state index contributed by atoms with van der Waals surface area (Å²) in [5.41, 5.74) is 0. The van der Waals surface area contributed by atoms with Gasteiger partial charge in [-0.1, -0.05) is 6.08 Å². The minimum absolute atomic E-state index is 0.310. The average molecular weight is 189 g/mol. The monoisotopic (exact) mass is 189 g/mol. The molecule has 0 saturated heterocycles. The molecule has 12 heavy (non-hydrogen) atoms.